The zero-order chi connectivity index (χ0) is 7.28. The summed E-state index contributed by atoms with van der Waals surface area (Å²) in [6.07, 6.45) is 3.52. The molecule has 0 spiro atoms. The first kappa shape index (κ1) is 8.54. The smallest absolute Gasteiger partial charge is 0.00389 e. The summed E-state index contributed by atoms with van der Waals surface area (Å²) in [5.41, 5.74) is 6.39. The molecule has 0 heterocycles. The minimum atomic E-state index is 0.551. The fraction of sp³-hybridized carbons (Fsp3) is 0.750. The van der Waals surface area contributed by atoms with Crippen LogP contribution in [0, 0.1) is 5.92 Å². The highest BCUT2D eigenvalue weighted by Gasteiger charge is 2.04. The second kappa shape index (κ2) is 4.42. The molecule has 0 saturated carbocycles. The first-order valence-electron chi connectivity index (χ1n) is 3.66. The largest absolute Gasteiger partial charge is 0.402 e. The van der Waals surface area contributed by atoms with Crippen LogP contribution in [-0.2, 0) is 0 Å². The van der Waals surface area contributed by atoms with Crippen LogP contribution in [0.25, 0.3) is 0 Å². The summed E-state index contributed by atoms with van der Waals surface area (Å²) in [6, 6.07) is 0. The second-order valence-corrected chi connectivity index (χ2v) is 2.47. The Morgan fingerprint density at radius 1 is 1.56 bits per heavy atom. The third kappa shape index (κ3) is 3.17. The summed E-state index contributed by atoms with van der Waals surface area (Å²) < 4.78 is 0. The van der Waals surface area contributed by atoms with Gasteiger partial charge in [0.15, 0.2) is 0 Å². The number of hydrogen-bond donors (Lipinski definition) is 1. The van der Waals surface area contributed by atoms with E-state index in [0.717, 1.165) is 12.1 Å². The average molecular weight is 127 g/mol. The molecule has 0 fully saturated rings. The van der Waals surface area contributed by atoms with Gasteiger partial charge in [-0.05, 0) is 18.8 Å². The molecule has 0 aromatic heterocycles. The highest BCUT2D eigenvalue weighted by molar-refractivity contribution is 4.93. The van der Waals surface area contributed by atoms with Crippen molar-refractivity contribution in [2.45, 2.75) is 33.1 Å². The summed E-state index contributed by atoms with van der Waals surface area (Å²) in [5.74, 6) is 0.551. The van der Waals surface area contributed by atoms with Crippen LogP contribution in [0.4, 0.5) is 0 Å². The van der Waals surface area contributed by atoms with Crippen LogP contribution >= 0.6 is 0 Å². The Balaban J connectivity index is 3.54. The highest BCUT2D eigenvalue weighted by atomic mass is 14.6. The van der Waals surface area contributed by atoms with Crippen LogP contribution in [0.5, 0.6) is 0 Å². The van der Waals surface area contributed by atoms with Crippen molar-refractivity contribution in [1.82, 2.24) is 0 Å². The number of nitrogens with two attached hydrogens (primary N) is 1. The van der Waals surface area contributed by atoms with Gasteiger partial charge in [-0.25, -0.2) is 0 Å². The lowest BCUT2D eigenvalue weighted by atomic mass is 9.98. The fourth-order valence-electron chi connectivity index (χ4n) is 1.00. The molecular formula is C8H17N. The number of hydrogen-bond acceptors (Lipinski definition) is 1. The Morgan fingerprint density at radius 2 is 2.11 bits per heavy atom. The third-order valence-corrected chi connectivity index (χ3v) is 1.65. The Labute approximate surface area is 57.9 Å². The standard InChI is InChI=1S/C8H17N/c1-4-6-8(5-2)7(3)9/h8H,3-6,9H2,1-2H3. The van der Waals surface area contributed by atoms with Crippen molar-refractivity contribution in [3.8, 4) is 0 Å². The Morgan fingerprint density at radius 3 is 2.22 bits per heavy atom. The van der Waals surface area contributed by atoms with Crippen LogP contribution in [-0.4, -0.2) is 0 Å². The lowest BCUT2D eigenvalue weighted by molar-refractivity contribution is 0.531. The molecule has 0 aliphatic heterocycles. The van der Waals surface area contributed by atoms with Crippen LogP contribution in [0.15, 0.2) is 12.3 Å². The van der Waals surface area contributed by atoms with Gasteiger partial charge in [0.1, 0.15) is 0 Å². The molecule has 1 unspecified atom stereocenters. The summed E-state index contributed by atoms with van der Waals surface area (Å²) in [7, 11) is 0. The molecule has 0 rings (SSSR count). The van der Waals surface area contributed by atoms with E-state index >= 15 is 0 Å². The quantitative estimate of drug-likeness (QED) is 0.616. The monoisotopic (exact) mass is 127 g/mol. The zero-order valence-electron chi connectivity index (χ0n) is 6.48. The fourth-order valence-corrected chi connectivity index (χ4v) is 1.00. The molecular weight excluding hydrogens is 110 g/mol. The maximum absolute atomic E-state index is 5.54. The van der Waals surface area contributed by atoms with Crippen LogP contribution in [0.3, 0.4) is 0 Å². The van der Waals surface area contributed by atoms with Crippen molar-refractivity contribution >= 4 is 0 Å². The van der Waals surface area contributed by atoms with Gasteiger partial charge >= 0.3 is 0 Å². The molecule has 0 aromatic rings. The Hall–Kier alpha value is -0.460. The van der Waals surface area contributed by atoms with E-state index in [1.54, 1.807) is 0 Å². The topological polar surface area (TPSA) is 26.0 Å². The molecule has 2 N–H and O–H groups in total. The summed E-state index contributed by atoms with van der Waals surface area (Å²) in [5, 5.41) is 0. The molecule has 54 valence electrons. The van der Waals surface area contributed by atoms with Crippen LogP contribution in [0.1, 0.15) is 33.1 Å². The Kier molecular flexibility index (Phi) is 4.20. The molecule has 1 atom stereocenters. The van der Waals surface area contributed by atoms with Crippen molar-refractivity contribution in [3.63, 3.8) is 0 Å². The average Bonchev–Trinajstić information content (AvgIpc) is 1.82. The van der Waals surface area contributed by atoms with Gasteiger partial charge in [0.05, 0.1) is 0 Å². The van der Waals surface area contributed by atoms with Crippen molar-refractivity contribution < 1.29 is 0 Å². The Bertz CT molecular complexity index is 86.6. The second-order valence-electron chi connectivity index (χ2n) is 2.47. The van der Waals surface area contributed by atoms with E-state index in [1.807, 2.05) is 0 Å². The van der Waals surface area contributed by atoms with Crippen molar-refractivity contribution in [2.24, 2.45) is 11.7 Å². The SMILES string of the molecule is C=C(N)C(CC)CCC. The summed E-state index contributed by atoms with van der Waals surface area (Å²) in [4.78, 5) is 0. The van der Waals surface area contributed by atoms with Crippen LogP contribution < -0.4 is 5.73 Å². The van der Waals surface area contributed by atoms with Crippen molar-refractivity contribution in [1.29, 1.82) is 0 Å². The molecule has 1 nitrogen and oxygen atoms in total. The van der Waals surface area contributed by atoms with Gasteiger partial charge < -0.3 is 5.73 Å². The molecule has 9 heavy (non-hydrogen) atoms. The minimum Gasteiger partial charge on any atom is -0.402 e. The molecule has 0 aromatic carbocycles. The molecule has 0 bridgehead atoms. The third-order valence-electron chi connectivity index (χ3n) is 1.65. The van der Waals surface area contributed by atoms with Gasteiger partial charge in [-0.3, -0.25) is 0 Å². The predicted molar refractivity (Wildman–Crippen MR) is 42.0 cm³/mol. The van der Waals surface area contributed by atoms with E-state index in [2.05, 4.69) is 20.4 Å². The van der Waals surface area contributed by atoms with Gasteiger partial charge in [-0.15, -0.1) is 0 Å². The van der Waals surface area contributed by atoms with Crippen molar-refractivity contribution in [2.75, 3.05) is 0 Å². The summed E-state index contributed by atoms with van der Waals surface area (Å²) in [6.45, 7) is 8.05. The molecule has 0 aliphatic carbocycles. The lowest BCUT2D eigenvalue weighted by Gasteiger charge is -2.11. The predicted octanol–water partition coefficient (Wildman–Crippen LogP) is 2.29. The van der Waals surface area contributed by atoms with E-state index in [4.69, 9.17) is 5.73 Å². The number of allylic oxidation sites excluding steroid dienone is 1. The van der Waals surface area contributed by atoms with E-state index < -0.39 is 0 Å². The van der Waals surface area contributed by atoms with Gasteiger partial charge in [0, 0.05) is 5.70 Å². The maximum Gasteiger partial charge on any atom is 0.00389 e. The van der Waals surface area contributed by atoms with Gasteiger partial charge in [-0.1, -0.05) is 26.8 Å². The molecule has 0 amide bonds. The van der Waals surface area contributed by atoms with E-state index in [-0.39, 0.29) is 0 Å². The molecule has 0 aliphatic rings. The zero-order valence-corrected chi connectivity index (χ0v) is 6.48. The first-order chi connectivity index (χ1) is 4.22. The maximum atomic E-state index is 5.54. The molecule has 0 saturated heterocycles. The molecule has 0 radical (unpaired) electrons. The number of rotatable bonds is 4. The van der Waals surface area contributed by atoms with Crippen LogP contribution in [0.2, 0.25) is 0 Å². The summed E-state index contributed by atoms with van der Waals surface area (Å²) >= 11 is 0. The van der Waals surface area contributed by atoms with E-state index in [9.17, 15) is 0 Å². The van der Waals surface area contributed by atoms with Crippen molar-refractivity contribution in [3.05, 3.63) is 12.3 Å². The normalized spacial score (nSPS) is 13.1. The molecule has 1 heteroatoms. The van der Waals surface area contributed by atoms with Gasteiger partial charge in [0.2, 0.25) is 0 Å². The first-order valence-corrected chi connectivity index (χ1v) is 3.66. The van der Waals surface area contributed by atoms with Gasteiger partial charge in [-0.2, -0.15) is 0 Å². The van der Waals surface area contributed by atoms with E-state index in [0.29, 0.717) is 5.92 Å². The minimum absolute atomic E-state index is 0.551. The van der Waals surface area contributed by atoms with Gasteiger partial charge in [0.25, 0.3) is 0 Å². The van der Waals surface area contributed by atoms with E-state index in [1.165, 1.54) is 12.8 Å². The lowest BCUT2D eigenvalue weighted by Crippen LogP contribution is -2.08. The highest BCUT2D eigenvalue weighted by Crippen LogP contribution is 2.14.